The van der Waals surface area contributed by atoms with E-state index in [0.717, 1.165) is 63.1 Å². The molecule has 1 saturated heterocycles. The molecule has 1 aliphatic rings. The number of hydrogen-bond acceptors (Lipinski definition) is 6. The van der Waals surface area contributed by atoms with Crippen LogP contribution < -0.4 is 0 Å². The summed E-state index contributed by atoms with van der Waals surface area (Å²) in [6, 6.07) is 9.55. The van der Waals surface area contributed by atoms with Gasteiger partial charge in [0.2, 0.25) is 0 Å². The van der Waals surface area contributed by atoms with E-state index in [-0.39, 0.29) is 5.91 Å². The van der Waals surface area contributed by atoms with Crippen molar-refractivity contribution in [3.63, 3.8) is 0 Å². The molecule has 0 spiro atoms. The smallest absolute Gasteiger partial charge is 0.264 e. The van der Waals surface area contributed by atoms with Crippen LogP contribution in [0.5, 0.6) is 0 Å². The van der Waals surface area contributed by atoms with Crippen molar-refractivity contribution in [1.82, 2.24) is 24.7 Å². The molecule has 0 aliphatic carbocycles. The Labute approximate surface area is 195 Å². The van der Waals surface area contributed by atoms with Crippen LogP contribution in [0.1, 0.15) is 32.4 Å². The van der Waals surface area contributed by atoms with Crippen molar-refractivity contribution in [3.05, 3.63) is 62.9 Å². The Morgan fingerprint density at radius 1 is 1.09 bits per heavy atom. The van der Waals surface area contributed by atoms with Crippen LogP contribution in [0.25, 0.3) is 15.9 Å². The molecule has 0 unspecified atom stereocenters. The topological polar surface area (TPSA) is 67.4 Å². The van der Waals surface area contributed by atoms with E-state index < -0.39 is 0 Å². The van der Waals surface area contributed by atoms with Gasteiger partial charge in [-0.25, -0.2) is 4.68 Å². The number of thiophene rings is 1. The lowest BCUT2D eigenvalue weighted by Crippen LogP contribution is -2.48. The first-order valence-corrected chi connectivity index (χ1v) is 11.8. The Balaban J connectivity index is 1.31. The number of nitrogens with zero attached hydrogens (tertiary/aromatic N) is 5. The summed E-state index contributed by atoms with van der Waals surface area (Å²) in [4.78, 5) is 19.3. The maximum atomic E-state index is 13.2. The largest absolute Gasteiger partial charge is 0.361 e. The van der Waals surface area contributed by atoms with E-state index in [0.29, 0.717) is 18.1 Å². The first kappa shape index (κ1) is 21.2. The van der Waals surface area contributed by atoms with Crippen LogP contribution in [0.2, 0.25) is 5.02 Å². The maximum Gasteiger partial charge on any atom is 0.264 e. The zero-order valence-electron chi connectivity index (χ0n) is 18.3. The quantitative estimate of drug-likeness (QED) is 0.436. The Morgan fingerprint density at radius 2 is 1.81 bits per heavy atom. The van der Waals surface area contributed by atoms with Crippen molar-refractivity contribution in [2.75, 3.05) is 26.2 Å². The van der Waals surface area contributed by atoms with Gasteiger partial charge in [0.1, 0.15) is 10.6 Å². The fourth-order valence-electron chi connectivity index (χ4n) is 4.13. The summed E-state index contributed by atoms with van der Waals surface area (Å²) >= 11 is 7.53. The molecule has 1 aliphatic heterocycles. The molecule has 0 N–H and O–H groups in total. The number of aromatic nitrogens is 3. The van der Waals surface area contributed by atoms with Crippen LogP contribution in [0.4, 0.5) is 0 Å². The van der Waals surface area contributed by atoms with Crippen molar-refractivity contribution in [2.45, 2.75) is 27.3 Å². The summed E-state index contributed by atoms with van der Waals surface area (Å²) in [5.41, 5.74) is 3.93. The van der Waals surface area contributed by atoms with Crippen LogP contribution in [0.15, 0.2) is 34.9 Å². The monoisotopic (exact) mass is 469 g/mol. The predicted octanol–water partition coefficient (Wildman–Crippen LogP) is 4.61. The highest BCUT2D eigenvalue weighted by atomic mass is 35.5. The zero-order valence-corrected chi connectivity index (χ0v) is 19.8. The molecule has 5 rings (SSSR count). The van der Waals surface area contributed by atoms with E-state index in [1.165, 1.54) is 11.3 Å². The molecule has 0 saturated carbocycles. The summed E-state index contributed by atoms with van der Waals surface area (Å²) in [5, 5.41) is 10.4. The summed E-state index contributed by atoms with van der Waals surface area (Å²) in [7, 11) is 0. The molecule has 7 nitrogen and oxygen atoms in total. The minimum absolute atomic E-state index is 0.0882. The molecule has 9 heteroatoms. The fraction of sp³-hybridized carbons (Fsp3) is 0.348. The summed E-state index contributed by atoms with van der Waals surface area (Å²) in [5.74, 6) is 0.960. The molecule has 3 aromatic heterocycles. The third-order valence-corrected chi connectivity index (χ3v) is 7.40. The summed E-state index contributed by atoms with van der Waals surface area (Å²) in [6.45, 7) is 9.78. The molecule has 0 bridgehead atoms. The van der Waals surface area contributed by atoms with Crippen LogP contribution in [-0.2, 0) is 6.54 Å². The van der Waals surface area contributed by atoms with E-state index in [1.807, 2.05) is 60.7 Å². The number of piperazine rings is 1. The number of aryl methyl sites for hydroxylation is 3. The lowest BCUT2D eigenvalue weighted by molar-refractivity contribution is 0.0632. The van der Waals surface area contributed by atoms with E-state index in [9.17, 15) is 4.79 Å². The number of rotatable bonds is 4. The lowest BCUT2D eigenvalue weighted by Gasteiger charge is -2.34. The molecule has 0 radical (unpaired) electrons. The molecule has 1 fully saturated rings. The number of fused-ring (bicyclic) bond motifs is 1. The predicted molar refractivity (Wildman–Crippen MR) is 126 cm³/mol. The second kappa shape index (κ2) is 8.35. The highest BCUT2D eigenvalue weighted by Crippen LogP contribution is 2.31. The second-order valence-electron chi connectivity index (χ2n) is 8.17. The third-order valence-electron chi connectivity index (χ3n) is 6.05. The molecule has 1 amide bonds. The number of carbonyl (C=O) groups is 1. The molecule has 4 aromatic rings. The highest BCUT2D eigenvalue weighted by molar-refractivity contribution is 7.20. The van der Waals surface area contributed by atoms with Crippen molar-refractivity contribution in [3.8, 4) is 5.69 Å². The van der Waals surface area contributed by atoms with Crippen molar-refractivity contribution in [1.29, 1.82) is 0 Å². The number of halogens is 1. The maximum absolute atomic E-state index is 13.2. The fourth-order valence-corrected chi connectivity index (χ4v) is 5.40. The Hall–Kier alpha value is -2.68. The zero-order chi connectivity index (χ0) is 22.4. The average molecular weight is 470 g/mol. The van der Waals surface area contributed by atoms with Gasteiger partial charge >= 0.3 is 0 Å². The van der Waals surface area contributed by atoms with Gasteiger partial charge in [0, 0.05) is 48.7 Å². The van der Waals surface area contributed by atoms with Gasteiger partial charge in [0.05, 0.1) is 22.0 Å². The average Bonchev–Trinajstić information content (AvgIpc) is 3.45. The van der Waals surface area contributed by atoms with Gasteiger partial charge in [-0.1, -0.05) is 16.8 Å². The van der Waals surface area contributed by atoms with Crippen molar-refractivity contribution >= 4 is 39.1 Å². The van der Waals surface area contributed by atoms with Gasteiger partial charge in [0.15, 0.2) is 0 Å². The van der Waals surface area contributed by atoms with E-state index >= 15 is 0 Å². The SMILES string of the molecule is Cc1noc(C)c1CN1CCN(C(=O)c2cc3c(C)nn(-c4ccc(Cl)cc4)c3s2)CC1. The van der Waals surface area contributed by atoms with E-state index in [2.05, 4.69) is 15.2 Å². The van der Waals surface area contributed by atoms with Gasteiger partial charge in [-0.15, -0.1) is 11.3 Å². The first-order valence-electron chi connectivity index (χ1n) is 10.6. The molecular weight excluding hydrogens is 446 g/mol. The Bertz CT molecular complexity index is 1260. The van der Waals surface area contributed by atoms with Crippen LogP contribution >= 0.6 is 22.9 Å². The molecule has 4 heterocycles. The lowest BCUT2D eigenvalue weighted by atomic mass is 10.1. The number of amides is 1. The van der Waals surface area contributed by atoms with Gasteiger partial charge < -0.3 is 9.42 Å². The van der Waals surface area contributed by atoms with Crippen LogP contribution in [0.3, 0.4) is 0 Å². The standard InChI is InChI=1S/C23H24ClN5O2S/c1-14-19-12-21(32-23(19)29(25-14)18-6-4-17(24)5-7-18)22(30)28-10-8-27(9-11-28)13-20-15(2)26-31-16(20)3/h4-7,12H,8-11,13H2,1-3H3. The normalized spacial score (nSPS) is 15.1. The molecular formula is C23H24ClN5O2S. The highest BCUT2D eigenvalue weighted by Gasteiger charge is 2.26. The van der Waals surface area contributed by atoms with Crippen molar-refractivity contribution < 1.29 is 9.32 Å². The van der Waals surface area contributed by atoms with Gasteiger partial charge in [-0.05, 0) is 51.1 Å². The third kappa shape index (κ3) is 3.83. The van der Waals surface area contributed by atoms with E-state index in [1.54, 1.807) is 0 Å². The molecule has 0 atom stereocenters. The van der Waals surface area contributed by atoms with Gasteiger partial charge in [-0.2, -0.15) is 5.10 Å². The Kier molecular flexibility index (Phi) is 5.53. The van der Waals surface area contributed by atoms with Gasteiger partial charge in [-0.3, -0.25) is 9.69 Å². The van der Waals surface area contributed by atoms with E-state index in [4.69, 9.17) is 16.1 Å². The Morgan fingerprint density at radius 3 is 2.47 bits per heavy atom. The number of benzene rings is 1. The minimum Gasteiger partial charge on any atom is -0.361 e. The second-order valence-corrected chi connectivity index (χ2v) is 9.64. The summed E-state index contributed by atoms with van der Waals surface area (Å²) in [6.07, 6.45) is 0. The first-order chi connectivity index (χ1) is 15.4. The van der Waals surface area contributed by atoms with Crippen LogP contribution in [-0.4, -0.2) is 56.8 Å². The van der Waals surface area contributed by atoms with Gasteiger partial charge in [0.25, 0.3) is 5.91 Å². The summed E-state index contributed by atoms with van der Waals surface area (Å²) < 4.78 is 7.17. The molecule has 32 heavy (non-hydrogen) atoms. The molecule has 1 aromatic carbocycles. The molecule has 166 valence electrons. The minimum atomic E-state index is 0.0882. The van der Waals surface area contributed by atoms with Crippen LogP contribution in [0, 0.1) is 20.8 Å². The number of carbonyl (C=O) groups excluding carboxylic acids is 1. The number of hydrogen-bond donors (Lipinski definition) is 0. The van der Waals surface area contributed by atoms with Crippen molar-refractivity contribution in [2.24, 2.45) is 0 Å².